The molecule has 1 aliphatic rings. The molecule has 0 unspecified atom stereocenters. The maximum Gasteiger partial charge on any atom is 0.335 e. The van der Waals surface area contributed by atoms with Crippen LogP contribution in [-0.4, -0.2) is 30.9 Å². The van der Waals surface area contributed by atoms with Crippen LogP contribution in [-0.2, 0) is 9.59 Å². The lowest BCUT2D eigenvalue weighted by Crippen LogP contribution is -2.51. The highest BCUT2D eigenvalue weighted by molar-refractivity contribution is 6.14. The normalized spacial score (nSPS) is 14.9. The van der Waals surface area contributed by atoms with Crippen LogP contribution in [0.25, 0.3) is 0 Å². The van der Waals surface area contributed by atoms with Gasteiger partial charge in [-0.2, -0.15) is 0 Å². The van der Waals surface area contributed by atoms with Crippen molar-refractivity contribution < 1.29 is 23.9 Å². The highest BCUT2D eigenvalue weighted by Crippen LogP contribution is 2.37. The van der Waals surface area contributed by atoms with E-state index < -0.39 is 23.8 Å². The number of esters is 1. The molecule has 156 valence electrons. The van der Waals surface area contributed by atoms with Gasteiger partial charge < -0.3 is 14.8 Å². The van der Waals surface area contributed by atoms with E-state index in [9.17, 15) is 14.4 Å². The lowest BCUT2D eigenvalue weighted by Gasteiger charge is -2.35. The summed E-state index contributed by atoms with van der Waals surface area (Å²) in [5.41, 5.74) is 1.29. The van der Waals surface area contributed by atoms with E-state index in [1.54, 1.807) is 72.8 Å². The largest absolute Gasteiger partial charge is 0.496 e. The molecule has 0 spiro atoms. The van der Waals surface area contributed by atoms with Crippen molar-refractivity contribution in [2.45, 2.75) is 12.5 Å². The van der Waals surface area contributed by atoms with Gasteiger partial charge in [0.2, 0.25) is 5.91 Å². The Morgan fingerprint density at radius 3 is 2.42 bits per heavy atom. The van der Waals surface area contributed by atoms with Crippen molar-refractivity contribution in [3.63, 3.8) is 0 Å². The molecule has 0 fully saturated rings. The van der Waals surface area contributed by atoms with Crippen LogP contribution in [0.4, 0.5) is 11.4 Å². The van der Waals surface area contributed by atoms with E-state index in [4.69, 9.17) is 9.47 Å². The third-order valence-corrected chi connectivity index (χ3v) is 4.91. The predicted molar refractivity (Wildman–Crippen MR) is 115 cm³/mol. The second-order valence-corrected chi connectivity index (χ2v) is 6.90. The van der Waals surface area contributed by atoms with Gasteiger partial charge in [0.15, 0.2) is 5.75 Å². The van der Waals surface area contributed by atoms with Crippen LogP contribution in [0.5, 0.6) is 11.5 Å². The smallest absolute Gasteiger partial charge is 0.335 e. The fourth-order valence-electron chi connectivity index (χ4n) is 3.48. The molecule has 2 amide bonds. The Kier molecular flexibility index (Phi) is 5.66. The van der Waals surface area contributed by atoms with E-state index in [1.807, 2.05) is 6.07 Å². The third kappa shape index (κ3) is 4.11. The number of para-hydroxylation sites is 4. The number of anilines is 2. The van der Waals surface area contributed by atoms with Crippen LogP contribution in [0.15, 0.2) is 78.9 Å². The van der Waals surface area contributed by atoms with Crippen molar-refractivity contribution in [2.75, 3.05) is 17.3 Å². The molecular formula is C24H20N2O5. The Labute approximate surface area is 179 Å². The molecule has 0 bridgehead atoms. The molecule has 0 aliphatic carbocycles. The number of carbonyl (C=O) groups excluding carboxylic acids is 3. The third-order valence-electron chi connectivity index (χ3n) is 4.91. The van der Waals surface area contributed by atoms with Gasteiger partial charge in [0.05, 0.1) is 24.8 Å². The molecule has 3 aromatic carbocycles. The zero-order valence-electron chi connectivity index (χ0n) is 16.8. The number of methoxy groups -OCH3 is 1. The SMILES string of the molecule is COc1ccccc1C(=O)N1c2ccccc2OC(=O)[C@@H]1CC(=O)Nc1ccccc1. The van der Waals surface area contributed by atoms with Crippen molar-refractivity contribution in [1.82, 2.24) is 0 Å². The second-order valence-electron chi connectivity index (χ2n) is 6.90. The quantitative estimate of drug-likeness (QED) is 0.507. The summed E-state index contributed by atoms with van der Waals surface area (Å²) < 4.78 is 10.7. The molecule has 0 saturated heterocycles. The maximum absolute atomic E-state index is 13.5. The van der Waals surface area contributed by atoms with Gasteiger partial charge in [0.25, 0.3) is 5.91 Å². The summed E-state index contributed by atoms with van der Waals surface area (Å²) in [5.74, 6) is -0.915. The van der Waals surface area contributed by atoms with Gasteiger partial charge in [0, 0.05) is 5.69 Å². The predicted octanol–water partition coefficient (Wildman–Crippen LogP) is 3.66. The summed E-state index contributed by atoms with van der Waals surface area (Å²) in [4.78, 5) is 40.4. The van der Waals surface area contributed by atoms with Crippen LogP contribution in [0, 0.1) is 0 Å². The Morgan fingerprint density at radius 1 is 0.968 bits per heavy atom. The Hall–Kier alpha value is -4.13. The fraction of sp³-hybridized carbons (Fsp3) is 0.125. The number of fused-ring (bicyclic) bond motifs is 1. The van der Waals surface area contributed by atoms with Crippen molar-refractivity contribution in [3.05, 3.63) is 84.4 Å². The second kappa shape index (κ2) is 8.71. The summed E-state index contributed by atoms with van der Waals surface area (Å²) in [5, 5.41) is 2.75. The van der Waals surface area contributed by atoms with Gasteiger partial charge in [-0.15, -0.1) is 0 Å². The number of ether oxygens (including phenoxy) is 2. The summed E-state index contributed by atoms with van der Waals surface area (Å²) in [6.45, 7) is 0. The van der Waals surface area contributed by atoms with E-state index in [0.717, 1.165) is 0 Å². The summed E-state index contributed by atoms with van der Waals surface area (Å²) >= 11 is 0. The molecule has 3 aromatic rings. The highest BCUT2D eigenvalue weighted by Gasteiger charge is 2.41. The molecule has 0 radical (unpaired) electrons. The van der Waals surface area contributed by atoms with Crippen LogP contribution in [0.1, 0.15) is 16.8 Å². The summed E-state index contributed by atoms with van der Waals surface area (Å²) in [6, 6.07) is 21.2. The van der Waals surface area contributed by atoms with E-state index in [-0.39, 0.29) is 17.7 Å². The maximum atomic E-state index is 13.5. The topological polar surface area (TPSA) is 84.9 Å². The summed E-state index contributed by atoms with van der Waals surface area (Å²) in [6.07, 6.45) is -0.261. The first-order valence-electron chi connectivity index (χ1n) is 9.70. The number of hydrogen-bond donors (Lipinski definition) is 1. The number of rotatable bonds is 5. The lowest BCUT2D eigenvalue weighted by molar-refractivity contribution is -0.138. The molecular weight excluding hydrogens is 396 g/mol. The van der Waals surface area contributed by atoms with Crippen molar-refractivity contribution in [1.29, 1.82) is 0 Å². The first-order valence-corrected chi connectivity index (χ1v) is 9.70. The Bertz CT molecular complexity index is 1130. The van der Waals surface area contributed by atoms with Crippen LogP contribution in [0.3, 0.4) is 0 Å². The van der Waals surface area contributed by atoms with Gasteiger partial charge in [-0.05, 0) is 36.4 Å². The average Bonchev–Trinajstić information content (AvgIpc) is 2.79. The fourth-order valence-corrected chi connectivity index (χ4v) is 3.48. The molecule has 31 heavy (non-hydrogen) atoms. The van der Waals surface area contributed by atoms with E-state index in [1.165, 1.54) is 12.0 Å². The van der Waals surface area contributed by atoms with Crippen molar-refractivity contribution in [2.24, 2.45) is 0 Å². The number of amides is 2. The molecule has 0 aromatic heterocycles. The number of nitrogens with zero attached hydrogens (tertiary/aromatic N) is 1. The van der Waals surface area contributed by atoms with Crippen LogP contribution >= 0.6 is 0 Å². The Morgan fingerprint density at radius 2 is 1.65 bits per heavy atom. The lowest BCUT2D eigenvalue weighted by atomic mass is 10.0. The zero-order chi connectivity index (χ0) is 21.8. The van der Waals surface area contributed by atoms with E-state index >= 15 is 0 Å². The van der Waals surface area contributed by atoms with Gasteiger partial charge in [0.1, 0.15) is 11.8 Å². The zero-order valence-corrected chi connectivity index (χ0v) is 16.8. The van der Waals surface area contributed by atoms with Gasteiger partial charge in [-0.3, -0.25) is 14.5 Å². The molecule has 1 atom stereocenters. The minimum absolute atomic E-state index is 0.260. The van der Waals surface area contributed by atoms with E-state index in [0.29, 0.717) is 17.1 Å². The van der Waals surface area contributed by atoms with Crippen molar-refractivity contribution in [3.8, 4) is 11.5 Å². The molecule has 7 nitrogen and oxygen atoms in total. The number of benzene rings is 3. The molecule has 1 N–H and O–H groups in total. The number of nitrogens with one attached hydrogen (secondary N) is 1. The number of hydrogen-bond acceptors (Lipinski definition) is 5. The molecule has 7 heteroatoms. The van der Waals surface area contributed by atoms with Gasteiger partial charge in [-0.1, -0.05) is 42.5 Å². The standard InChI is InChI=1S/C24H20N2O5/c1-30-20-13-7-5-11-17(20)23(28)26-18-12-6-8-14-21(18)31-24(29)19(26)15-22(27)25-16-9-3-2-4-10-16/h2-14,19H,15H2,1H3,(H,25,27)/t19-/m0/s1. The first-order chi connectivity index (χ1) is 15.1. The molecule has 0 saturated carbocycles. The number of carbonyl (C=O) groups is 3. The molecule has 1 aliphatic heterocycles. The minimum atomic E-state index is -1.13. The van der Waals surface area contributed by atoms with Crippen LogP contribution in [0.2, 0.25) is 0 Å². The first kappa shape index (κ1) is 20.2. The highest BCUT2D eigenvalue weighted by atomic mass is 16.5. The average molecular weight is 416 g/mol. The summed E-state index contributed by atoms with van der Waals surface area (Å²) in [7, 11) is 1.47. The van der Waals surface area contributed by atoms with Gasteiger partial charge >= 0.3 is 5.97 Å². The van der Waals surface area contributed by atoms with Gasteiger partial charge in [-0.25, -0.2) is 4.79 Å². The minimum Gasteiger partial charge on any atom is -0.496 e. The Balaban J connectivity index is 1.69. The monoisotopic (exact) mass is 416 g/mol. The van der Waals surface area contributed by atoms with Crippen LogP contribution < -0.4 is 19.7 Å². The van der Waals surface area contributed by atoms with Crippen molar-refractivity contribution >= 4 is 29.2 Å². The molecule has 1 heterocycles. The van der Waals surface area contributed by atoms with E-state index in [2.05, 4.69) is 5.32 Å². The molecule has 4 rings (SSSR count).